The number of benzene rings is 1. The van der Waals surface area contributed by atoms with Crippen molar-refractivity contribution in [2.45, 2.75) is 6.54 Å². The molecule has 0 aliphatic rings. The largest absolute Gasteiger partial charge is 0.350 e. The summed E-state index contributed by atoms with van der Waals surface area (Å²) < 4.78 is 1.98. The Kier molecular flexibility index (Phi) is 3.34. The summed E-state index contributed by atoms with van der Waals surface area (Å²) in [5.74, 6) is 0. The average molecular weight is 211 g/mol. The molecule has 1 aromatic heterocycles. The van der Waals surface area contributed by atoms with Crippen LogP contribution in [0.3, 0.4) is 0 Å². The molecular weight excluding hydrogens is 198 g/mol. The highest BCUT2D eigenvalue weighted by molar-refractivity contribution is 5.74. The molecule has 2 rings (SSSR count). The summed E-state index contributed by atoms with van der Waals surface area (Å²) in [6, 6.07) is 12.0. The molecule has 2 nitrogen and oxygen atoms in total. The molecule has 1 heterocycles. The Labute approximate surface area is 94.8 Å². The Morgan fingerprint density at radius 1 is 1.06 bits per heavy atom. The lowest BCUT2D eigenvalue weighted by atomic mass is 10.2. The summed E-state index contributed by atoms with van der Waals surface area (Å²) in [5.41, 5.74) is 1.90. The summed E-state index contributed by atoms with van der Waals surface area (Å²) in [6.07, 6.45) is 8.74. The predicted octanol–water partition coefficient (Wildman–Crippen LogP) is 3.01. The van der Waals surface area contributed by atoms with Crippen LogP contribution >= 0.6 is 0 Å². The van der Waals surface area contributed by atoms with Crippen LogP contribution in [0.1, 0.15) is 15.9 Å². The van der Waals surface area contributed by atoms with E-state index in [1.165, 1.54) is 5.56 Å². The van der Waals surface area contributed by atoms with Crippen molar-refractivity contribution in [3.8, 4) is 0 Å². The van der Waals surface area contributed by atoms with E-state index in [1.807, 2.05) is 41.2 Å². The van der Waals surface area contributed by atoms with Crippen LogP contribution in [-0.4, -0.2) is 10.9 Å². The second-order valence-corrected chi connectivity index (χ2v) is 3.57. The Hall–Kier alpha value is -2.09. The first-order valence-electron chi connectivity index (χ1n) is 5.21. The Morgan fingerprint density at radius 2 is 1.88 bits per heavy atom. The van der Waals surface area contributed by atoms with Crippen LogP contribution in [0.2, 0.25) is 0 Å². The number of aromatic nitrogens is 1. The van der Waals surface area contributed by atoms with E-state index in [9.17, 15) is 4.79 Å². The lowest BCUT2D eigenvalue weighted by molar-refractivity contribution is 0.112. The molecule has 0 unspecified atom stereocenters. The van der Waals surface area contributed by atoms with Crippen molar-refractivity contribution in [1.29, 1.82) is 0 Å². The Bertz CT molecular complexity index is 482. The lowest BCUT2D eigenvalue weighted by Crippen LogP contribution is -1.89. The maximum Gasteiger partial charge on any atom is 0.151 e. The molecule has 0 radical (unpaired) electrons. The third-order valence-corrected chi connectivity index (χ3v) is 2.34. The van der Waals surface area contributed by atoms with E-state index in [0.29, 0.717) is 5.56 Å². The van der Waals surface area contributed by atoms with Crippen molar-refractivity contribution in [1.82, 2.24) is 4.57 Å². The first-order chi connectivity index (χ1) is 7.88. The van der Waals surface area contributed by atoms with Crippen molar-refractivity contribution < 1.29 is 4.79 Å². The summed E-state index contributed by atoms with van der Waals surface area (Å²) in [4.78, 5) is 10.5. The van der Waals surface area contributed by atoms with Gasteiger partial charge in [-0.15, -0.1) is 0 Å². The minimum Gasteiger partial charge on any atom is -0.350 e. The number of carbonyl (C=O) groups is 1. The van der Waals surface area contributed by atoms with Gasteiger partial charge in [-0.1, -0.05) is 42.5 Å². The highest BCUT2D eigenvalue weighted by Gasteiger charge is 1.92. The van der Waals surface area contributed by atoms with E-state index in [2.05, 4.69) is 24.3 Å². The second-order valence-electron chi connectivity index (χ2n) is 3.57. The molecule has 0 atom stereocenters. The molecule has 16 heavy (non-hydrogen) atoms. The monoisotopic (exact) mass is 211 g/mol. The first kappa shape index (κ1) is 10.4. The number of hydrogen-bond acceptors (Lipinski definition) is 1. The molecule has 0 saturated heterocycles. The number of hydrogen-bond donors (Lipinski definition) is 0. The molecule has 0 fully saturated rings. The van der Waals surface area contributed by atoms with Gasteiger partial charge >= 0.3 is 0 Å². The minimum atomic E-state index is 0.716. The molecule has 2 aromatic rings. The first-order valence-corrected chi connectivity index (χ1v) is 5.21. The van der Waals surface area contributed by atoms with E-state index in [-0.39, 0.29) is 0 Å². The van der Waals surface area contributed by atoms with Gasteiger partial charge < -0.3 is 4.57 Å². The van der Waals surface area contributed by atoms with Gasteiger partial charge in [-0.3, -0.25) is 4.79 Å². The fourth-order valence-electron chi connectivity index (χ4n) is 1.52. The summed E-state index contributed by atoms with van der Waals surface area (Å²) in [7, 11) is 0. The standard InChI is InChI=1S/C14H13NO/c16-12-14-8-10-15(11-14)9-4-7-13-5-2-1-3-6-13/h1-8,10-12H,9H2. The van der Waals surface area contributed by atoms with Crippen LogP contribution < -0.4 is 0 Å². The summed E-state index contributed by atoms with van der Waals surface area (Å²) >= 11 is 0. The van der Waals surface area contributed by atoms with Gasteiger partial charge in [0.15, 0.2) is 6.29 Å². The molecule has 0 aliphatic carbocycles. The molecule has 0 spiro atoms. The molecule has 0 aliphatic heterocycles. The van der Waals surface area contributed by atoms with Crippen LogP contribution in [-0.2, 0) is 6.54 Å². The molecular formula is C14H13NO. The number of allylic oxidation sites excluding steroid dienone is 1. The van der Waals surface area contributed by atoms with Gasteiger partial charge in [0.1, 0.15) is 0 Å². The fourth-order valence-corrected chi connectivity index (χ4v) is 1.52. The van der Waals surface area contributed by atoms with Gasteiger partial charge in [-0.25, -0.2) is 0 Å². The number of aldehydes is 1. The van der Waals surface area contributed by atoms with Gasteiger partial charge in [0.05, 0.1) is 0 Å². The number of rotatable bonds is 4. The SMILES string of the molecule is O=Cc1ccn(CC=Cc2ccccc2)c1. The molecule has 0 saturated carbocycles. The molecule has 1 aromatic carbocycles. The van der Waals surface area contributed by atoms with Gasteiger partial charge in [0.2, 0.25) is 0 Å². The van der Waals surface area contributed by atoms with E-state index in [0.717, 1.165) is 12.8 Å². The predicted molar refractivity (Wildman–Crippen MR) is 65.3 cm³/mol. The number of carbonyl (C=O) groups excluding carboxylic acids is 1. The zero-order valence-corrected chi connectivity index (χ0v) is 8.91. The third-order valence-electron chi connectivity index (χ3n) is 2.34. The second kappa shape index (κ2) is 5.12. The van der Waals surface area contributed by atoms with Gasteiger partial charge in [-0.2, -0.15) is 0 Å². The van der Waals surface area contributed by atoms with Crippen LogP contribution in [0.5, 0.6) is 0 Å². The Balaban J connectivity index is 1.97. The van der Waals surface area contributed by atoms with Crippen molar-refractivity contribution in [2.24, 2.45) is 0 Å². The van der Waals surface area contributed by atoms with E-state index in [4.69, 9.17) is 0 Å². The van der Waals surface area contributed by atoms with Crippen molar-refractivity contribution in [2.75, 3.05) is 0 Å². The highest BCUT2D eigenvalue weighted by Crippen LogP contribution is 2.02. The van der Waals surface area contributed by atoms with Crippen molar-refractivity contribution in [3.63, 3.8) is 0 Å². The topological polar surface area (TPSA) is 22.0 Å². The zero-order chi connectivity index (χ0) is 11.2. The molecule has 0 amide bonds. The van der Waals surface area contributed by atoms with Crippen LogP contribution in [0.25, 0.3) is 6.08 Å². The maximum atomic E-state index is 10.5. The lowest BCUT2D eigenvalue weighted by Gasteiger charge is -1.96. The van der Waals surface area contributed by atoms with Gasteiger partial charge in [0.25, 0.3) is 0 Å². The molecule has 80 valence electrons. The van der Waals surface area contributed by atoms with Crippen molar-refractivity contribution in [3.05, 3.63) is 66.0 Å². The Morgan fingerprint density at radius 3 is 2.56 bits per heavy atom. The normalized spacial score (nSPS) is 10.8. The van der Waals surface area contributed by atoms with E-state index < -0.39 is 0 Å². The van der Waals surface area contributed by atoms with Crippen LogP contribution in [0.4, 0.5) is 0 Å². The fraction of sp³-hybridized carbons (Fsp3) is 0.0714. The molecule has 2 heteroatoms. The highest BCUT2D eigenvalue weighted by atomic mass is 16.1. The van der Waals surface area contributed by atoms with Gasteiger partial charge in [0, 0.05) is 24.5 Å². The summed E-state index contributed by atoms with van der Waals surface area (Å²) in [5, 5.41) is 0. The smallest absolute Gasteiger partial charge is 0.151 e. The van der Waals surface area contributed by atoms with E-state index in [1.54, 1.807) is 0 Å². The number of nitrogens with zero attached hydrogens (tertiary/aromatic N) is 1. The third kappa shape index (κ3) is 2.70. The quantitative estimate of drug-likeness (QED) is 0.712. The minimum absolute atomic E-state index is 0.716. The average Bonchev–Trinajstić information content (AvgIpc) is 2.78. The van der Waals surface area contributed by atoms with Gasteiger partial charge in [-0.05, 0) is 11.6 Å². The molecule has 0 bridgehead atoms. The van der Waals surface area contributed by atoms with Crippen LogP contribution in [0.15, 0.2) is 54.9 Å². The zero-order valence-electron chi connectivity index (χ0n) is 8.91. The maximum absolute atomic E-state index is 10.5. The molecule has 0 N–H and O–H groups in total. The summed E-state index contributed by atoms with van der Waals surface area (Å²) in [6.45, 7) is 0.780. The van der Waals surface area contributed by atoms with E-state index >= 15 is 0 Å². The van der Waals surface area contributed by atoms with Crippen LogP contribution in [0, 0.1) is 0 Å². The van der Waals surface area contributed by atoms with Crippen molar-refractivity contribution >= 4 is 12.4 Å².